The van der Waals surface area contributed by atoms with Gasteiger partial charge < -0.3 is 0 Å². The van der Waals surface area contributed by atoms with E-state index in [0.29, 0.717) is 5.92 Å². The van der Waals surface area contributed by atoms with Crippen molar-refractivity contribution >= 4 is 23.1 Å². The Morgan fingerprint density at radius 1 is 0.897 bits per heavy atom. The molecule has 0 radical (unpaired) electrons. The molecule has 0 bridgehead atoms. The standard InChI is InChI=1S/C26H25.2ClH.Zr/c1-4-18(2)22-16-21-14-15-24(20-11-6-5-7-12-20)26(25(21)17-22)23-13-9-8-10-19(23)3;;;/h5-18H,4H2,1-3H3;2*1H;/q;;;+2/p-2. The molecule has 1 aliphatic rings. The first kappa shape index (κ1) is 21.1. The molecule has 4 rings (SSSR count). The average Bonchev–Trinajstić information content (AvgIpc) is 3.13. The van der Waals surface area contributed by atoms with Gasteiger partial charge in [-0.15, -0.1) is 0 Å². The minimum atomic E-state index is -2.54. The Hall–Kier alpha value is -1.14. The van der Waals surface area contributed by atoms with Crippen LogP contribution in [0.2, 0.25) is 0 Å². The summed E-state index contributed by atoms with van der Waals surface area (Å²) in [5.74, 6) is 0.491. The van der Waals surface area contributed by atoms with E-state index in [1.54, 1.807) is 0 Å². The molecule has 0 N–H and O–H groups in total. The Morgan fingerprint density at radius 3 is 2.24 bits per heavy atom. The predicted molar refractivity (Wildman–Crippen MR) is 124 cm³/mol. The van der Waals surface area contributed by atoms with Gasteiger partial charge in [0.05, 0.1) is 0 Å². The van der Waals surface area contributed by atoms with Crippen LogP contribution in [0.15, 0.2) is 72.3 Å². The zero-order valence-corrected chi connectivity index (χ0v) is 21.0. The zero-order valence-electron chi connectivity index (χ0n) is 17.0. The van der Waals surface area contributed by atoms with Crippen LogP contribution in [-0.2, 0) is 19.4 Å². The molecule has 3 aromatic rings. The number of halogens is 2. The molecule has 0 amide bonds. The van der Waals surface area contributed by atoms with Crippen molar-refractivity contribution < 1.29 is 19.4 Å². The van der Waals surface area contributed by atoms with Crippen LogP contribution in [0.1, 0.15) is 40.6 Å². The Bertz CT molecular complexity index is 1050. The molecule has 2 unspecified atom stereocenters. The monoisotopic (exact) mass is 497 g/mol. The van der Waals surface area contributed by atoms with E-state index in [0.717, 1.165) is 6.42 Å². The molecular weight excluding hydrogens is 474 g/mol. The Labute approximate surface area is 189 Å². The van der Waals surface area contributed by atoms with E-state index in [1.165, 1.54) is 44.5 Å². The predicted octanol–water partition coefficient (Wildman–Crippen LogP) is 8.74. The zero-order chi connectivity index (χ0) is 20.5. The molecule has 0 spiro atoms. The summed E-state index contributed by atoms with van der Waals surface area (Å²) in [5.41, 5.74) is 10.5. The van der Waals surface area contributed by atoms with Gasteiger partial charge in [0.2, 0.25) is 0 Å². The normalized spacial score (nSPS) is 16.3. The van der Waals surface area contributed by atoms with E-state index in [9.17, 15) is 0 Å². The number of benzene rings is 3. The van der Waals surface area contributed by atoms with E-state index in [1.807, 2.05) is 0 Å². The topological polar surface area (TPSA) is 0 Å². The molecular formula is C26H25Cl2Zr. The third-order valence-corrected chi connectivity index (χ3v) is 11.4. The van der Waals surface area contributed by atoms with Crippen LogP contribution in [0, 0.1) is 12.8 Å². The van der Waals surface area contributed by atoms with Gasteiger partial charge in [-0.1, -0.05) is 0 Å². The molecule has 2 atom stereocenters. The molecule has 0 fully saturated rings. The molecule has 0 aromatic heterocycles. The Kier molecular flexibility index (Phi) is 6.50. The van der Waals surface area contributed by atoms with Gasteiger partial charge in [-0.2, -0.15) is 0 Å². The third kappa shape index (κ3) is 3.95. The van der Waals surface area contributed by atoms with Crippen molar-refractivity contribution in [3.05, 3.63) is 89.0 Å². The van der Waals surface area contributed by atoms with E-state index in [2.05, 4.69) is 93.6 Å². The molecule has 0 nitrogen and oxygen atoms in total. The first-order valence-electron chi connectivity index (χ1n) is 10.2. The quantitative estimate of drug-likeness (QED) is 0.329. The third-order valence-electron chi connectivity index (χ3n) is 6.13. The summed E-state index contributed by atoms with van der Waals surface area (Å²) in [6.45, 7) is 6.74. The van der Waals surface area contributed by atoms with Crippen molar-refractivity contribution in [1.29, 1.82) is 0 Å². The number of hydrogen-bond acceptors (Lipinski definition) is 0. The van der Waals surface area contributed by atoms with Crippen molar-refractivity contribution in [3.63, 3.8) is 0 Å². The second kappa shape index (κ2) is 8.93. The second-order valence-electron chi connectivity index (χ2n) is 7.85. The summed E-state index contributed by atoms with van der Waals surface area (Å²) < 4.78 is 0.248. The molecule has 147 valence electrons. The molecule has 0 heterocycles. The van der Waals surface area contributed by atoms with E-state index < -0.39 is 19.4 Å². The maximum absolute atomic E-state index is 6.72. The van der Waals surface area contributed by atoms with Crippen LogP contribution < -0.4 is 0 Å². The van der Waals surface area contributed by atoms with E-state index in [4.69, 9.17) is 17.0 Å². The van der Waals surface area contributed by atoms with Gasteiger partial charge in [-0.3, -0.25) is 0 Å². The van der Waals surface area contributed by atoms with E-state index >= 15 is 0 Å². The van der Waals surface area contributed by atoms with Gasteiger partial charge in [0.25, 0.3) is 0 Å². The van der Waals surface area contributed by atoms with E-state index in [-0.39, 0.29) is 3.63 Å². The Balaban J connectivity index is 2.04. The minimum absolute atomic E-state index is 0.248. The number of aryl methyl sites for hydroxylation is 1. The van der Waals surface area contributed by atoms with Crippen molar-refractivity contribution in [2.75, 3.05) is 0 Å². The second-order valence-corrected chi connectivity index (χ2v) is 16.7. The fourth-order valence-electron chi connectivity index (χ4n) is 4.38. The molecule has 29 heavy (non-hydrogen) atoms. The summed E-state index contributed by atoms with van der Waals surface area (Å²) in [5, 5.41) is 0. The molecule has 0 saturated heterocycles. The van der Waals surface area contributed by atoms with Crippen molar-refractivity contribution in [1.82, 2.24) is 0 Å². The molecule has 3 heteroatoms. The fraction of sp³-hybridized carbons (Fsp3) is 0.231. The fourth-order valence-corrected chi connectivity index (χ4v) is 9.98. The van der Waals surface area contributed by atoms with Gasteiger partial charge in [-0.05, 0) is 0 Å². The molecule has 0 saturated carbocycles. The van der Waals surface area contributed by atoms with Gasteiger partial charge in [-0.25, -0.2) is 0 Å². The summed E-state index contributed by atoms with van der Waals surface area (Å²) in [7, 11) is 13.4. The average molecular weight is 500 g/mol. The first-order valence-corrected chi connectivity index (χ1v) is 18.0. The summed E-state index contributed by atoms with van der Waals surface area (Å²) in [6.07, 6.45) is 3.51. The Morgan fingerprint density at radius 2 is 1.59 bits per heavy atom. The SMILES string of the molecule is CCC(C)C1=Cc2c(ccc(-c3ccccc3)c2-c2ccccc2C)[CH]1[Zr]([Cl])[Cl]. The number of rotatable bonds is 5. The summed E-state index contributed by atoms with van der Waals surface area (Å²) in [4.78, 5) is 0. The van der Waals surface area contributed by atoms with Gasteiger partial charge in [0.15, 0.2) is 0 Å². The van der Waals surface area contributed by atoms with Crippen LogP contribution in [0.25, 0.3) is 28.3 Å². The van der Waals surface area contributed by atoms with Gasteiger partial charge >= 0.3 is 190 Å². The summed E-state index contributed by atoms with van der Waals surface area (Å²) in [6, 6.07) is 23.9. The van der Waals surface area contributed by atoms with Crippen LogP contribution in [0.3, 0.4) is 0 Å². The first-order chi connectivity index (χ1) is 14.0. The van der Waals surface area contributed by atoms with Crippen molar-refractivity contribution in [3.8, 4) is 22.3 Å². The number of fused-ring (bicyclic) bond motifs is 1. The molecule has 1 aliphatic carbocycles. The van der Waals surface area contributed by atoms with Crippen LogP contribution in [-0.4, -0.2) is 0 Å². The molecule has 3 aromatic carbocycles. The van der Waals surface area contributed by atoms with Crippen molar-refractivity contribution in [2.45, 2.75) is 30.8 Å². The van der Waals surface area contributed by atoms with Crippen LogP contribution >= 0.6 is 17.0 Å². The van der Waals surface area contributed by atoms with Crippen LogP contribution in [0.5, 0.6) is 0 Å². The van der Waals surface area contributed by atoms with Crippen LogP contribution in [0.4, 0.5) is 0 Å². The van der Waals surface area contributed by atoms with Crippen molar-refractivity contribution in [2.24, 2.45) is 5.92 Å². The number of hydrogen-bond donors (Lipinski definition) is 0. The number of allylic oxidation sites excluding steroid dienone is 1. The van der Waals surface area contributed by atoms with Gasteiger partial charge in [0, 0.05) is 0 Å². The molecule has 0 aliphatic heterocycles. The maximum atomic E-state index is 6.72. The van der Waals surface area contributed by atoms with Gasteiger partial charge in [0.1, 0.15) is 0 Å². The summed E-state index contributed by atoms with van der Waals surface area (Å²) >= 11 is -2.54.